The lowest BCUT2D eigenvalue weighted by Crippen LogP contribution is -2.24. The van der Waals surface area contributed by atoms with Gasteiger partial charge in [0.25, 0.3) is 0 Å². The number of benzene rings is 3. The third kappa shape index (κ3) is 3.72. The second-order valence-corrected chi connectivity index (χ2v) is 8.42. The van der Waals surface area contributed by atoms with Crippen molar-refractivity contribution in [2.75, 3.05) is 11.4 Å². The van der Waals surface area contributed by atoms with Gasteiger partial charge >= 0.3 is 0 Å². The van der Waals surface area contributed by atoms with Gasteiger partial charge < -0.3 is 9.47 Å². The van der Waals surface area contributed by atoms with E-state index >= 15 is 0 Å². The Labute approximate surface area is 181 Å². The van der Waals surface area contributed by atoms with Gasteiger partial charge in [-0.15, -0.1) is 0 Å². The second-order valence-electron chi connectivity index (χ2n) is 8.42. The summed E-state index contributed by atoms with van der Waals surface area (Å²) >= 11 is 0. The Morgan fingerprint density at radius 1 is 1.00 bits per heavy atom. The molecule has 3 aromatic carbocycles. The number of hydrogen-bond donors (Lipinski definition) is 0. The number of fused-ring (bicyclic) bond motifs is 1. The molecule has 1 aliphatic rings. The van der Waals surface area contributed by atoms with E-state index in [0.29, 0.717) is 19.5 Å². The molecule has 0 aliphatic carbocycles. The SMILES string of the molecule is Cc1cc(C)cc(N2CC(c3nc4ccccc4n3Cc3ccc(F)cc3)CC2=O)c1. The van der Waals surface area contributed by atoms with Crippen molar-refractivity contribution >= 4 is 22.6 Å². The highest BCUT2D eigenvalue weighted by Gasteiger charge is 2.35. The Hall–Kier alpha value is -3.47. The Bertz CT molecular complexity index is 1260. The first-order valence-electron chi connectivity index (χ1n) is 10.6. The molecule has 31 heavy (non-hydrogen) atoms. The lowest BCUT2D eigenvalue weighted by atomic mass is 10.1. The van der Waals surface area contributed by atoms with Crippen molar-refractivity contribution < 1.29 is 9.18 Å². The highest BCUT2D eigenvalue weighted by molar-refractivity contribution is 5.96. The van der Waals surface area contributed by atoms with E-state index in [0.717, 1.165) is 39.2 Å². The number of carbonyl (C=O) groups excluding carboxylic acids is 1. The van der Waals surface area contributed by atoms with Crippen LogP contribution in [0.2, 0.25) is 0 Å². The fourth-order valence-corrected chi connectivity index (χ4v) is 4.58. The zero-order chi connectivity index (χ0) is 21.5. The summed E-state index contributed by atoms with van der Waals surface area (Å²) in [4.78, 5) is 19.7. The van der Waals surface area contributed by atoms with Crippen molar-refractivity contribution in [1.82, 2.24) is 9.55 Å². The minimum absolute atomic E-state index is 0.00108. The van der Waals surface area contributed by atoms with Crippen LogP contribution in [0.1, 0.15) is 34.9 Å². The van der Waals surface area contributed by atoms with Crippen molar-refractivity contribution in [1.29, 1.82) is 0 Å². The number of amides is 1. The largest absolute Gasteiger partial charge is 0.323 e. The summed E-state index contributed by atoms with van der Waals surface area (Å²) in [7, 11) is 0. The standard InChI is InChI=1S/C26H24FN3O/c1-17-11-18(2)13-22(12-17)29-16-20(14-25(29)31)26-28-23-5-3-4-6-24(23)30(26)15-19-7-9-21(27)10-8-19/h3-13,20H,14-16H2,1-2H3. The van der Waals surface area contributed by atoms with Gasteiger partial charge in [0, 0.05) is 31.1 Å². The predicted octanol–water partition coefficient (Wildman–Crippen LogP) is 5.36. The first kappa shape index (κ1) is 19.5. The number of halogens is 1. The van der Waals surface area contributed by atoms with Crippen molar-refractivity contribution in [3.63, 3.8) is 0 Å². The first-order chi connectivity index (χ1) is 15.0. The van der Waals surface area contributed by atoms with E-state index < -0.39 is 0 Å². The number of imidazole rings is 1. The Balaban J connectivity index is 1.52. The van der Waals surface area contributed by atoms with E-state index in [1.54, 1.807) is 12.1 Å². The van der Waals surface area contributed by atoms with Crippen molar-refractivity contribution in [3.8, 4) is 0 Å². The first-order valence-corrected chi connectivity index (χ1v) is 10.6. The molecule has 1 unspecified atom stereocenters. The summed E-state index contributed by atoms with van der Waals surface area (Å²) in [6.45, 7) is 5.30. The third-order valence-electron chi connectivity index (χ3n) is 5.95. The van der Waals surface area contributed by atoms with E-state index in [1.807, 2.05) is 29.2 Å². The average Bonchev–Trinajstić information content (AvgIpc) is 3.30. The van der Waals surface area contributed by atoms with Crippen LogP contribution in [-0.4, -0.2) is 22.0 Å². The van der Waals surface area contributed by atoms with E-state index in [-0.39, 0.29) is 17.6 Å². The molecule has 2 heterocycles. The van der Waals surface area contributed by atoms with Gasteiger partial charge in [0.1, 0.15) is 11.6 Å². The summed E-state index contributed by atoms with van der Waals surface area (Å²) in [5, 5.41) is 0. The van der Waals surface area contributed by atoms with E-state index in [2.05, 4.69) is 36.6 Å². The maximum Gasteiger partial charge on any atom is 0.227 e. The number of carbonyl (C=O) groups is 1. The van der Waals surface area contributed by atoms with Crippen LogP contribution >= 0.6 is 0 Å². The van der Waals surface area contributed by atoms with Gasteiger partial charge in [-0.3, -0.25) is 4.79 Å². The smallest absolute Gasteiger partial charge is 0.227 e. The van der Waals surface area contributed by atoms with Crippen LogP contribution in [0.3, 0.4) is 0 Å². The van der Waals surface area contributed by atoms with Gasteiger partial charge in [0.15, 0.2) is 0 Å². The van der Waals surface area contributed by atoms with Crippen LogP contribution in [0.4, 0.5) is 10.1 Å². The maximum atomic E-state index is 13.4. The minimum atomic E-state index is -0.245. The molecule has 5 rings (SSSR count). The van der Waals surface area contributed by atoms with Crippen LogP contribution < -0.4 is 4.90 Å². The predicted molar refractivity (Wildman–Crippen MR) is 121 cm³/mol. The van der Waals surface area contributed by atoms with E-state index in [4.69, 9.17) is 4.98 Å². The number of aromatic nitrogens is 2. The number of rotatable bonds is 4. The fourth-order valence-electron chi connectivity index (χ4n) is 4.58. The molecule has 5 heteroatoms. The van der Waals surface area contributed by atoms with Gasteiger partial charge in [0.2, 0.25) is 5.91 Å². The molecule has 1 saturated heterocycles. The summed E-state index contributed by atoms with van der Waals surface area (Å²) in [6, 6.07) is 20.8. The lowest BCUT2D eigenvalue weighted by molar-refractivity contribution is -0.117. The number of aryl methyl sites for hydroxylation is 2. The molecule has 0 bridgehead atoms. The zero-order valence-corrected chi connectivity index (χ0v) is 17.7. The molecular formula is C26H24FN3O. The Morgan fingerprint density at radius 3 is 2.45 bits per heavy atom. The second kappa shape index (κ2) is 7.65. The average molecular weight is 413 g/mol. The monoisotopic (exact) mass is 413 g/mol. The van der Waals surface area contributed by atoms with Crippen molar-refractivity contribution in [3.05, 3.63) is 95.1 Å². The van der Waals surface area contributed by atoms with Gasteiger partial charge in [-0.05, 0) is 66.9 Å². The molecule has 0 spiro atoms. The van der Waals surface area contributed by atoms with Gasteiger partial charge in [-0.2, -0.15) is 0 Å². The molecule has 1 fully saturated rings. The molecule has 0 saturated carbocycles. The zero-order valence-electron chi connectivity index (χ0n) is 17.7. The highest BCUT2D eigenvalue weighted by Crippen LogP contribution is 2.34. The molecule has 156 valence electrons. The lowest BCUT2D eigenvalue weighted by Gasteiger charge is -2.19. The molecule has 1 aliphatic heterocycles. The van der Waals surface area contributed by atoms with Gasteiger partial charge in [-0.1, -0.05) is 30.3 Å². The summed E-state index contributed by atoms with van der Waals surface area (Å²) < 4.78 is 15.6. The number of hydrogen-bond acceptors (Lipinski definition) is 2. The van der Waals surface area contributed by atoms with Crippen LogP contribution in [-0.2, 0) is 11.3 Å². The van der Waals surface area contributed by atoms with Gasteiger partial charge in [-0.25, -0.2) is 9.37 Å². The summed E-state index contributed by atoms with van der Waals surface area (Å²) in [5.74, 6) is 0.784. The third-order valence-corrected chi connectivity index (χ3v) is 5.95. The molecule has 1 amide bonds. The van der Waals surface area contributed by atoms with Crippen molar-refractivity contribution in [2.45, 2.75) is 32.7 Å². The molecular weight excluding hydrogens is 389 g/mol. The molecule has 1 atom stereocenters. The summed E-state index contributed by atoms with van der Waals surface area (Å²) in [5.41, 5.74) is 6.19. The normalized spacial score (nSPS) is 16.4. The number of para-hydroxylation sites is 2. The number of anilines is 1. The quantitative estimate of drug-likeness (QED) is 0.452. The van der Waals surface area contributed by atoms with Crippen LogP contribution in [0.25, 0.3) is 11.0 Å². The topological polar surface area (TPSA) is 38.1 Å². The molecule has 0 N–H and O–H groups in total. The summed E-state index contributed by atoms with van der Waals surface area (Å²) in [6.07, 6.45) is 0.430. The van der Waals surface area contributed by atoms with Crippen LogP contribution in [0.15, 0.2) is 66.7 Å². The van der Waals surface area contributed by atoms with Gasteiger partial charge in [0.05, 0.1) is 11.0 Å². The van der Waals surface area contributed by atoms with E-state index in [1.165, 1.54) is 12.1 Å². The molecule has 4 aromatic rings. The minimum Gasteiger partial charge on any atom is -0.323 e. The Morgan fingerprint density at radius 2 is 1.71 bits per heavy atom. The fraction of sp³-hybridized carbons (Fsp3) is 0.231. The molecule has 1 aromatic heterocycles. The Kier molecular flexibility index (Phi) is 4.81. The number of nitrogens with zero attached hydrogens (tertiary/aromatic N) is 3. The maximum absolute atomic E-state index is 13.4. The highest BCUT2D eigenvalue weighted by atomic mass is 19.1. The van der Waals surface area contributed by atoms with E-state index in [9.17, 15) is 9.18 Å². The molecule has 4 nitrogen and oxygen atoms in total. The van der Waals surface area contributed by atoms with Crippen LogP contribution in [0, 0.1) is 19.7 Å². The van der Waals surface area contributed by atoms with Crippen LogP contribution in [0.5, 0.6) is 0 Å². The van der Waals surface area contributed by atoms with Crippen molar-refractivity contribution in [2.24, 2.45) is 0 Å². The molecule has 0 radical (unpaired) electrons.